The molecule has 6 heteroatoms. The van der Waals surface area contributed by atoms with Crippen molar-refractivity contribution in [1.29, 1.82) is 0 Å². The molecular formula is C26H26N4O2. The maximum absolute atomic E-state index is 12.8. The Balaban J connectivity index is 1.44. The first-order chi connectivity index (χ1) is 15.3. The van der Waals surface area contributed by atoms with Crippen LogP contribution in [0.3, 0.4) is 0 Å². The van der Waals surface area contributed by atoms with Crippen molar-refractivity contribution in [1.82, 2.24) is 14.5 Å². The molecule has 32 heavy (non-hydrogen) atoms. The molecule has 0 unspecified atom stereocenters. The smallest absolute Gasteiger partial charge is 0.254 e. The number of hydrogen-bond donors (Lipinski definition) is 1. The predicted octanol–water partition coefficient (Wildman–Crippen LogP) is 4.66. The van der Waals surface area contributed by atoms with Crippen molar-refractivity contribution in [3.63, 3.8) is 0 Å². The summed E-state index contributed by atoms with van der Waals surface area (Å²) in [5.41, 5.74) is 7.33. The number of aryl methyl sites for hydroxylation is 3. The standard InChI is InChI=1S/C26H26N4O2/c1-17-13-18(2)25(19(3)14-17)28-24(31)15-29(4)26(32)20-9-11-21(12-10-20)30-16-27-22-7-5-6-8-23(22)30/h5-14,16H,15H2,1-4H3,(H,28,31). The first-order valence-electron chi connectivity index (χ1n) is 10.5. The lowest BCUT2D eigenvalue weighted by Gasteiger charge is -2.19. The van der Waals surface area contributed by atoms with Gasteiger partial charge in [0.1, 0.15) is 6.33 Å². The van der Waals surface area contributed by atoms with Crippen LogP contribution in [-0.4, -0.2) is 39.9 Å². The summed E-state index contributed by atoms with van der Waals surface area (Å²) in [4.78, 5) is 31.2. The number of rotatable bonds is 5. The van der Waals surface area contributed by atoms with Crippen LogP contribution in [0.5, 0.6) is 0 Å². The van der Waals surface area contributed by atoms with Crippen LogP contribution in [0, 0.1) is 20.8 Å². The highest BCUT2D eigenvalue weighted by Gasteiger charge is 2.17. The lowest BCUT2D eigenvalue weighted by molar-refractivity contribution is -0.116. The van der Waals surface area contributed by atoms with Gasteiger partial charge in [-0.25, -0.2) is 4.98 Å². The number of amides is 2. The number of hydrogen-bond acceptors (Lipinski definition) is 3. The lowest BCUT2D eigenvalue weighted by atomic mass is 10.1. The molecule has 4 rings (SSSR count). The number of carbonyl (C=O) groups excluding carboxylic acids is 2. The fourth-order valence-electron chi connectivity index (χ4n) is 3.99. The summed E-state index contributed by atoms with van der Waals surface area (Å²) in [6, 6.07) is 19.3. The van der Waals surface area contributed by atoms with Crippen LogP contribution in [0.4, 0.5) is 5.69 Å². The van der Waals surface area contributed by atoms with E-state index in [-0.39, 0.29) is 18.4 Å². The van der Waals surface area contributed by atoms with E-state index >= 15 is 0 Å². The SMILES string of the molecule is Cc1cc(C)c(NC(=O)CN(C)C(=O)c2ccc(-n3cnc4ccccc43)cc2)c(C)c1. The number of anilines is 1. The fraction of sp³-hybridized carbons (Fsp3) is 0.192. The third-order valence-corrected chi connectivity index (χ3v) is 5.51. The van der Waals surface area contributed by atoms with Crippen molar-refractivity contribution in [2.75, 3.05) is 18.9 Å². The molecule has 0 aliphatic rings. The van der Waals surface area contributed by atoms with Gasteiger partial charge in [0.2, 0.25) is 5.91 Å². The Morgan fingerprint density at radius 2 is 1.62 bits per heavy atom. The van der Waals surface area contributed by atoms with Crippen molar-refractivity contribution in [3.8, 4) is 5.69 Å². The van der Waals surface area contributed by atoms with E-state index in [0.29, 0.717) is 5.56 Å². The molecule has 0 atom stereocenters. The molecule has 2 amide bonds. The molecule has 162 valence electrons. The predicted molar refractivity (Wildman–Crippen MR) is 127 cm³/mol. The fourth-order valence-corrected chi connectivity index (χ4v) is 3.99. The van der Waals surface area contributed by atoms with Crippen LogP contribution in [0.1, 0.15) is 27.0 Å². The van der Waals surface area contributed by atoms with Crippen LogP contribution in [0.25, 0.3) is 16.7 Å². The highest BCUT2D eigenvalue weighted by Crippen LogP contribution is 2.22. The van der Waals surface area contributed by atoms with Crippen LogP contribution in [0.15, 0.2) is 67.0 Å². The van der Waals surface area contributed by atoms with Gasteiger partial charge in [-0.3, -0.25) is 14.2 Å². The summed E-state index contributed by atoms with van der Waals surface area (Å²) in [5.74, 6) is -0.433. The minimum atomic E-state index is -0.225. The summed E-state index contributed by atoms with van der Waals surface area (Å²) >= 11 is 0. The molecule has 6 nitrogen and oxygen atoms in total. The van der Waals surface area contributed by atoms with Crippen molar-refractivity contribution >= 4 is 28.5 Å². The maximum atomic E-state index is 12.8. The van der Waals surface area contributed by atoms with E-state index in [1.807, 2.05) is 73.9 Å². The number of nitrogens with zero attached hydrogens (tertiary/aromatic N) is 3. The molecule has 1 N–H and O–H groups in total. The summed E-state index contributed by atoms with van der Waals surface area (Å²) in [6.07, 6.45) is 1.77. The van der Waals surface area contributed by atoms with Gasteiger partial charge in [-0.2, -0.15) is 0 Å². The van der Waals surface area contributed by atoms with Gasteiger partial charge in [0.15, 0.2) is 0 Å². The van der Waals surface area contributed by atoms with E-state index in [1.54, 1.807) is 25.5 Å². The Morgan fingerprint density at radius 3 is 2.31 bits per heavy atom. The molecular weight excluding hydrogens is 400 g/mol. The summed E-state index contributed by atoms with van der Waals surface area (Å²) in [6.45, 7) is 5.93. The number of likely N-dealkylation sites (N-methyl/N-ethyl adjacent to an activating group) is 1. The normalized spacial score (nSPS) is 10.9. The first-order valence-corrected chi connectivity index (χ1v) is 10.5. The second-order valence-electron chi connectivity index (χ2n) is 8.13. The van der Waals surface area contributed by atoms with E-state index in [9.17, 15) is 9.59 Å². The van der Waals surface area contributed by atoms with E-state index in [1.165, 1.54) is 4.90 Å². The molecule has 1 heterocycles. The Labute approximate surface area is 187 Å². The number of imidazole rings is 1. The minimum absolute atomic E-state index is 0.0283. The van der Waals surface area contributed by atoms with Gasteiger partial charge in [-0.05, 0) is 68.3 Å². The topological polar surface area (TPSA) is 67.2 Å². The quantitative estimate of drug-likeness (QED) is 0.505. The number of aromatic nitrogens is 2. The van der Waals surface area contributed by atoms with Crippen molar-refractivity contribution in [2.45, 2.75) is 20.8 Å². The van der Waals surface area contributed by atoms with Gasteiger partial charge in [0.25, 0.3) is 5.91 Å². The average Bonchev–Trinajstić information content (AvgIpc) is 3.20. The molecule has 0 bridgehead atoms. The van der Waals surface area contributed by atoms with Gasteiger partial charge in [-0.1, -0.05) is 29.8 Å². The summed E-state index contributed by atoms with van der Waals surface area (Å²) in [7, 11) is 1.63. The zero-order chi connectivity index (χ0) is 22.8. The van der Waals surface area contributed by atoms with Crippen LogP contribution < -0.4 is 5.32 Å². The minimum Gasteiger partial charge on any atom is -0.332 e. The van der Waals surface area contributed by atoms with Crippen molar-refractivity contribution in [2.24, 2.45) is 0 Å². The highest BCUT2D eigenvalue weighted by molar-refractivity contribution is 6.00. The van der Waals surface area contributed by atoms with Crippen LogP contribution in [-0.2, 0) is 4.79 Å². The summed E-state index contributed by atoms with van der Waals surface area (Å²) in [5, 5.41) is 2.94. The van der Waals surface area contributed by atoms with E-state index in [2.05, 4.69) is 10.3 Å². The number of carbonyl (C=O) groups is 2. The number of nitrogens with one attached hydrogen (secondary N) is 1. The second-order valence-corrected chi connectivity index (χ2v) is 8.13. The largest absolute Gasteiger partial charge is 0.332 e. The molecule has 0 aliphatic carbocycles. The molecule has 0 saturated carbocycles. The molecule has 1 aromatic heterocycles. The molecule has 0 saturated heterocycles. The third kappa shape index (κ3) is 4.25. The molecule has 0 radical (unpaired) electrons. The zero-order valence-corrected chi connectivity index (χ0v) is 18.7. The molecule has 0 spiro atoms. The van der Waals surface area contributed by atoms with E-state index in [0.717, 1.165) is 39.1 Å². The number of benzene rings is 3. The van der Waals surface area contributed by atoms with E-state index < -0.39 is 0 Å². The number of fused-ring (bicyclic) bond motifs is 1. The third-order valence-electron chi connectivity index (χ3n) is 5.51. The first kappa shape index (κ1) is 21.3. The van der Waals surface area contributed by atoms with Gasteiger partial charge >= 0.3 is 0 Å². The van der Waals surface area contributed by atoms with Gasteiger partial charge in [-0.15, -0.1) is 0 Å². The van der Waals surface area contributed by atoms with Crippen LogP contribution in [0.2, 0.25) is 0 Å². The molecule has 0 aliphatic heterocycles. The van der Waals surface area contributed by atoms with Crippen molar-refractivity contribution in [3.05, 3.63) is 89.2 Å². The van der Waals surface area contributed by atoms with Crippen molar-refractivity contribution < 1.29 is 9.59 Å². The second kappa shape index (κ2) is 8.67. The average molecular weight is 427 g/mol. The Hall–Kier alpha value is -3.93. The van der Waals surface area contributed by atoms with E-state index in [4.69, 9.17) is 0 Å². The molecule has 3 aromatic carbocycles. The Morgan fingerprint density at radius 1 is 0.969 bits per heavy atom. The molecule has 4 aromatic rings. The maximum Gasteiger partial charge on any atom is 0.254 e. The Kier molecular flexibility index (Phi) is 5.77. The van der Waals surface area contributed by atoms with Gasteiger partial charge in [0.05, 0.1) is 17.6 Å². The summed E-state index contributed by atoms with van der Waals surface area (Å²) < 4.78 is 1.98. The lowest BCUT2D eigenvalue weighted by Crippen LogP contribution is -2.35. The number of para-hydroxylation sites is 2. The zero-order valence-electron chi connectivity index (χ0n) is 18.7. The van der Waals surface area contributed by atoms with Gasteiger partial charge < -0.3 is 10.2 Å². The molecule has 0 fully saturated rings. The monoisotopic (exact) mass is 426 g/mol. The van der Waals surface area contributed by atoms with Crippen LogP contribution >= 0.6 is 0 Å². The highest BCUT2D eigenvalue weighted by atomic mass is 16.2. The Bertz CT molecular complexity index is 1280. The van der Waals surface area contributed by atoms with Gasteiger partial charge in [0, 0.05) is 24.0 Å².